The predicted octanol–water partition coefficient (Wildman–Crippen LogP) is 9.56. The number of hydrogen-bond acceptors (Lipinski definition) is 2. The normalized spacial score (nSPS) is 24.9. The summed E-state index contributed by atoms with van der Waals surface area (Å²) < 4.78 is 121. The maximum Gasteiger partial charge on any atom is 0.422 e. The van der Waals surface area contributed by atoms with Crippen LogP contribution < -0.4 is 0 Å². The molecule has 4 rings (SSSR count). The van der Waals surface area contributed by atoms with Crippen molar-refractivity contribution in [1.29, 1.82) is 0 Å². The molecule has 2 aliphatic rings. The number of hydrogen-bond donors (Lipinski definition) is 0. The first-order chi connectivity index (χ1) is 18.5. The van der Waals surface area contributed by atoms with Gasteiger partial charge in [-0.15, -0.1) is 0 Å². The van der Waals surface area contributed by atoms with Crippen LogP contribution in [-0.2, 0) is 15.7 Å². The van der Waals surface area contributed by atoms with Gasteiger partial charge < -0.3 is 9.47 Å². The number of benzene rings is 2. The van der Waals surface area contributed by atoms with Crippen LogP contribution in [0.4, 0.5) is 35.1 Å². The molecule has 2 aromatic rings. The largest absolute Gasteiger partial charge is 0.422 e. The van der Waals surface area contributed by atoms with Crippen LogP contribution >= 0.6 is 0 Å². The van der Waals surface area contributed by atoms with Crippen LogP contribution in [0, 0.1) is 29.3 Å². The zero-order valence-corrected chi connectivity index (χ0v) is 21.4. The summed E-state index contributed by atoms with van der Waals surface area (Å²) in [7, 11) is 0. The summed E-state index contributed by atoms with van der Waals surface area (Å²) in [4.78, 5) is 0. The molecular weight excluding hydrogens is 532 g/mol. The minimum Gasteiger partial charge on any atom is -0.348 e. The molecule has 39 heavy (non-hydrogen) atoms. The number of halogens is 8. The third kappa shape index (κ3) is 6.82. The Labute approximate surface area is 222 Å². The van der Waals surface area contributed by atoms with E-state index in [0.29, 0.717) is 37.0 Å². The third-order valence-corrected chi connectivity index (χ3v) is 7.66. The lowest BCUT2D eigenvalue weighted by atomic mass is 9.74. The van der Waals surface area contributed by atoms with E-state index in [0.717, 1.165) is 25.3 Å². The van der Waals surface area contributed by atoms with Gasteiger partial charge in [-0.05, 0) is 67.7 Å². The zero-order valence-electron chi connectivity index (χ0n) is 21.4. The van der Waals surface area contributed by atoms with Crippen LogP contribution in [0.5, 0.6) is 0 Å². The second kappa shape index (κ2) is 12.4. The van der Waals surface area contributed by atoms with E-state index in [1.165, 1.54) is 12.1 Å². The monoisotopic (exact) mass is 562 g/mol. The van der Waals surface area contributed by atoms with Gasteiger partial charge in [-0.25, -0.2) is 22.0 Å². The van der Waals surface area contributed by atoms with Gasteiger partial charge in [0.05, 0.1) is 13.2 Å². The van der Waals surface area contributed by atoms with E-state index in [1.807, 2.05) is 6.92 Å². The summed E-state index contributed by atoms with van der Waals surface area (Å²) in [6.07, 6.45) is -2.34. The van der Waals surface area contributed by atoms with Gasteiger partial charge in [-0.2, -0.15) is 13.2 Å². The van der Waals surface area contributed by atoms with Crippen LogP contribution in [-0.4, -0.2) is 13.2 Å². The highest BCUT2D eigenvalue weighted by Gasteiger charge is 2.39. The average molecular weight is 563 g/mol. The van der Waals surface area contributed by atoms with E-state index in [2.05, 4.69) is 0 Å². The lowest BCUT2D eigenvalue weighted by molar-refractivity contribution is -0.214. The summed E-state index contributed by atoms with van der Waals surface area (Å²) in [5.41, 5.74) is -1.78. The smallest absolute Gasteiger partial charge is 0.348 e. The van der Waals surface area contributed by atoms with E-state index >= 15 is 0 Å². The Morgan fingerprint density at radius 2 is 1.46 bits per heavy atom. The highest BCUT2D eigenvalue weighted by atomic mass is 19.4. The molecule has 0 radical (unpaired) electrons. The minimum absolute atomic E-state index is 0.0246. The van der Waals surface area contributed by atoms with Crippen LogP contribution in [0.1, 0.15) is 86.3 Å². The number of allylic oxidation sites excluding steroid dienone is 1. The standard InChI is InChI=1S/C29H30F8O2/c1-2-3-4-22(30)27(34)18-9-10-21(23(31)11-18)17-7-5-16(6-8-17)20-14-38-28(39-15-20)19-12-24(32)26(25(33)13-19)29(35,36)37/h9-13,16-17,20,28H,2-8,14-15H2,1H3/b27-22+. The Bertz CT molecular complexity index is 1150. The molecular formula is C29H30F8O2. The Hall–Kier alpha value is -2.46. The van der Waals surface area contributed by atoms with Crippen LogP contribution in [0.2, 0.25) is 0 Å². The molecule has 1 saturated heterocycles. The fourth-order valence-corrected chi connectivity index (χ4v) is 5.48. The summed E-state index contributed by atoms with van der Waals surface area (Å²) >= 11 is 0. The van der Waals surface area contributed by atoms with Crippen molar-refractivity contribution in [2.45, 2.75) is 70.3 Å². The first-order valence-electron chi connectivity index (χ1n) is 13.1. The van der Waals surface area contributed by atoms with Gasteiger partial charge in [0.2, 0.25) is 0 Å². The van der Waals surface area contributed by atoms with Crippen molar-refractivity contribution in [3.8, 4) is 0 Å². The lowest BCUT2D eigenvalue weighted by Gasteiger charge is -2.38. The fourth-order valence-electron chi connectivity index (χ4n) is 5.48. The number of unbranched alkanes of at least 4 members (excludes halogenated alkanes) is 1. The maximum atomic E-state index is 14.8. The molecule has 214 valence electrons. The predicted molar refractivity (Wildman–Crippen MR) is 129 cm³/mol. The van der Waals surface area contributed by atoms with Crippen molar-refractivity contribution in [2.24, 2.45) is 11.8 Å². The summed E-state index contributed by atoms with van der Waals surface area (Å²) in [6, 6.07) is 5.10. The van der Waals surface area contributed by atoms with Gasteiger partial charge in [0.1, 0.15) is 28.8 Å². The van der Waals surface area contributed by atoms with Crippen LogP contribution in [0.25, 0.3) is 5.83 Å². The molecule has 0 atom stereocenters. The number of rotatable bonds is 7. The molecule has 0 bridgehead atoms. The van der Waals surface area contributed by atoms with Crippen molar-refractivity contribution in [1.82, 2.24) is 0 Å². The molecule has 1 aliphatic carbocycles. The fraction of sp³-hybridized carbons (Fsp3) is 0.517. The third-order valence-electron chi connectivity index (χ3n) is 7.66. The Kier molecular flexibility index (Phi) is 9.37. The van der Waals surface area contributed by atoms with Gasteiger partial charge in [0, 0.05) is 23.5 Å². The zero-order chi connectivity index (χ0) is 28.3. The van der Waals surface area contributed by atoms with Crippen molar-refractivity contribution in [2.75, 3.05) is 13.2 Å². The Balaban J connectivity index is 1.32. The molecule has 2 aromatic carbocycles. The second-order valence-corrected chi connectivity index (χ2v) is 10.3. The van der Waals surface area contributed by atoms with Crippen molar-refractivity contribution < 1.29 is 44.6 Å². The first kappa shape index (κ1) is 29.5. The topological polar surface area (TPSA) is 18.5 Å². The van der Waals surface area contributed by atoms with Crippen LogP contribution in [0.3, 0.4) is 0 Å². The Morgan fingerprint density at radius 1 is 0.846 bits per heavy atom. The van der Waals surface area contributed by atoms with Crippen molar-refractivity contribution in [3.63, 3.8) is 0 Å². The van der Waals surface area contributed by atoms with E-state index in [1.54, 1.807) is 0 Å². The molecule has 10 heteroatoms. The van der Waals surface area contributed by atoms with Crippen LogP contribution in [0.15, 0.2) is 36.2 Å². The van der Waals surface area contributed by atoms with Gasteiger partial charge in [-0.1, -0.05) is 25.5 Å². The second-order valence-electron chi connectivity index (χ2n) is 10.3. The molecule has 1 saturated carbocycles. The molecule has 1 heterocycles. The maximum absolute atomic E-state index is 14.8. The molecule has 0 aromatic heterocycles. The lowest BCUT2D eigenvalue weighted by Crippen LogP contribution is -2.34. The van der Waals surface area contributed by atoms with E-state index in [4.69, 9.17) is 9.47 Å². The highest BCUT2D eigenvalue weighted by Crippen LogP contribution is 2.43. The number of alkyl halides is 3. The summed E-state index contributed by atoms with van der Waals surface area (Å²) in [6.45, 7) is 2.26. The molecule has 2 fully saturated rings. The van der Waals surface area contributed by atoms with Gasteiger partial charge in [0.25, 0.3) is 0 Å². The summed E-state index contributed by atoms with van der Waals surface area (Å²) in [5.74, 6) is -5.88. The van der Waals surface area contributed by atoms with Crippen molar-refractivity contribution >= 4 is 5.83 Å². The van der Waals surface area contributed by atoms with Gasteiger partial charge >= 0.3 is 6.18 Å². The quantitative estimate of drug-likeness (QED) is 0.313. The molecule has 0 amide bonds. The first-order valence-corrected chi connectivity index (χ1v) is 13.1. The molecule has 0 unspecified atom stereocenters. The van der Waals surface area contributed by atoms with Crippen molar-refractivity contribution in [3.05, 3.63) is 75.9 Å². The molecule has 0 N–H and O–H groups in total. The van der Waals surface area contributed by atoms with E-state index in [9.17, 15) is 35.1 Å². The molecule has 2 nitrogen and oxygen atoms in total. The molecule has 1 aliphatic heterocycles. The minimum atomic E-state index is -5.16. The Morgan fingerprint density at radius 3 is 2.00 bits per heavy atom. The van der Waals surface area contributed by atoms with Gasteiger partial charge in [0.15, 0.2) is 12.1 Å². The highest BCUT2D eigenvalue weighted by molar-refractivity contribution is 5.61. The van der Waals surface area contributed by atoms with Gasteiger partial charge in [-0.3, -0.25) is 0 Å². The van der Waals surface area contributed by atoms with E-state index < -0.39 is 47.1 Å². The summed E-state index contributed by atoms with van der Waals surface area (Å²) in [5, 5.41) is 0. The average Bonchev–Trinajstić information content (AvgIpc) is 2.90. The molecule has 0 spiro atoms. The SMILES string of the molecule is CCCC/C(F)=C(\F)c1ccc(C2CCC(C3COC(c4cc(F)c(C(F)(F)F)c(F)c4)OC3)CC2)c(F)c1. The van der Waals surface area contributed by atoms with E-state index in [-0.39, 0.29) is 48.5 Å². The number of ether oxygens (including phenoxy) is 2.